The van der Waals surface area contributed by atoms with E-state index in [9.17, 15) is 4.79 Å². The molecular weight excluding hydrogens is 264 g/mol. The van der Waals surface area contributed by atoms with Crippen LogP contribution in [0.3, 0.4) is 0 Å². The third-order valence-corrected chi connectivity index (χ3v) is 4.19. The maximum absolute atomic E-state index is 12.6. The zero-order chi connectivity index (χ0) is 15.2. The van der Waals surface area contributed by atoms with Crippen LogP contribution in [0.15, 0.2) is 24.3 Å². The summed E-state index contributed by atoms with van der Waals surface area (Å²) < 4.78 is 5.16. The molecule has 1 saturated heterocycles. The van der Waals surface area contributed by atoms with E-state index >= 15 is 0 Å². The van der Waals surface area contributed by atoms with E-state index in [1.807, 2.05) is 36.1 Å². The van der Waals surface area contributed by atoms with E-state index in [0.29, 0.717) is 12.5 Å². The van der Waals surface area contributed by atoms with Crippen LogP contribution in [0.2, 0.25) is 0 Å². The van der Waals surface area contributed by atoms with Gasteiger partial charge in [-0.3, -0.25) is 4.79 Å². The number of methoxy groups -OCH3 is 1. The smallest absolute Gasteiger partial charge is 0.240 e. The molecule has 21 heavy (non-hydrogen) atoms. The molecule has 0 spiro atoms. The molecule has 116 valence electrons. The Hall–Kier alpha value is -1.55. The van der Waals surface area contributed by atoms with Crippen LogP contribution in [0.5, 0.6) is 5.75 Å². The topological polar surface area (TPSA) is 41.6 Å². The van der Waals surface area contributed by atoms with E-state index in [1.165, 1.54) is 0 Å². The fourth-order valence-corrected chi connectivity index (χ4v) is 2.81. The van der Waals surface area contributed by atoms with Gasteiger partial charge in [0.15, 0.2) is 0 Å². The van der Waals surface area contributed by atoms with Crippen LogP contribution in [0.4, 0.5) is 0 Å². The number of carbonyl (C=O) groups is 1. The van der Waals surface area contributed by atoms with Crippen molar-refractivity contribution >= 4 is 5.91 Å². The summed E-state index contributed by atoms with van der Waals surface area (Å²) in [4.78, 5) is 14.6. The summed E-state index contributed by atoms with van der Waals surface area (Å²) in [7, 11) is 1.66. The van der Waals surface area contributed by atoms with Crippen molar-refractivity contribution in [3.05, 3.63) is 29.8 Å². The van der Waals surface area contributed by atoms with Crippen molar-refractivity contribution < 1.29 is 9.53 Å². The lowest BCUT2D eigenvalue weighted by molar-refractivity contribution is -0.134. The van der Waals surface area contributed by atoms with Gasteiger partial charge in [-0.2, -0.15) is 0 Å². The van der Waals surface area contributed by atoms with Crippen molar-refractivity contribution in [3.8, 4) is 5.75 Å². The Labute approximate surface area is 127 Å². The first-order valence-corrected chi connectivity index (χ1v) is 7.79. The maximum atomic E-state index is 12.6. The number of carbonyl (C=O) groups excluding carboxylic acids is 1. The quantitative estimate of drug-likeness (QED) is 0.905. The molecule has 0 aliphatic carbocycles. The second kappa shape index (κ2) is 7.46. The minimum atomic E-state index is -0.0213. The zero-order valence-electron chi connectivity index (χ0n) is 13.3. The fourth-order valence-electron chi connectivity index (χ4n) is 2.81. The average molecular weight is 290 g/mol. The number of likely N-dealkylation sites (N-methyl/N-ethyl adjacent to an activating group) is 1. The number of rotatable bonds is 5. The first kappa shape index (κ1) is 15.8. The molecule has 2 rings (SSSR count). The fraction of sp³-hybridized carbons (Fsp3) is 0.588. The molecular formula is C17H26N2O2. The van der Waals surface area contributed by atoms with Crippen molar-refractivity contribution in [2.24, 2.45) is 5.92 Å². The normalized spacial score (nSPS) is 21.9. The van der Waals surface area contributed by atoms with Gasteiger partial charge in [-0.25, -0.2) is 0 Å². The highest BCUT2D eigenvalue weighted by molar-refractivity contribution is 5.82. The summed E-state index contributed by atoms with van der Waals surface area (Å²) in [6, 6.07) is 7.90. The highest BCUT2D eigenvalue weighted by Gasteiger charge is 2.27. The van der Waals surface area contributed by atoms with Crippen LogP contribution < -0.4 is 10.1 Å². The van der Waals surface area contributed by atoms with Gasteiger partial charge in [-0.15, -0.1) is 0 Å². The molecule has 1 fully saturated rings. The number of amides is 1. The molecule has 1 amide bonds. The van der Waals surface area contributed by atoms with Gasteiger partial charge in [0.05, 0.1) is 13.2 Å². The predicted octanol–water partition coefficient (Wildman–Crippen LogP) is 2.43. The maximum Gasteiger partial charge on any atom is 0.240 e. The van der Waals surface area contributed by atoms with Gasteiger partial charge < -0.3 is 15.0 Å². The highest BCUT2D eigenvalue weighted by atomic mass is 16.5. The molecule has 1 aliphatic rings. The minimum absolute atomic E-state index is 0.0213. The Balaban J connectivity index is 1.99. The number of piperidine rings is 1. The molecule has 1 aliphatic heterocycles. The number of ether oxygens (including phenoxy) is 1. The Kier molecular flexibility index (Phi) is 5.62. The zero-order valence-corrected chi connectivity index (χ0v) is 13.3. The van der Waals surface area contributed by atoms with Crippen LogP contribution in [0, 0.1) is 5.92 Å². The van der Waals surface area contributed by atoms with Gasteiger partial charge >= 0.3 is 0 Å². The minimum Gasteiger partial charge on any atom is -0.497 e. The number of nitrogens with zero attached hydrogens (tertiary/aromatic N) is 1. The van der Waals surface area contributed by atoms with Crippen molar-refractivity contribution in [2.45, 2.75) is 39.3 Å². The Morgan fingerprint density at radius 3 is 2.67 bits per heavy atom. The standard InChI is InChI=1S/C17H26N2O2/c1-4-19(12-14-5-7-15(21-3)8-6-14)17(20)16-11-13(2)9-10-18-16/h5-8,13,16,18H,4,9-12H2,1-3H3. The van der Waals surface area contributed by atoms with Crippen molar-refractivity contribution in [3.63, 3.8) is 0 Å². The van der Waals surface area contributed by atoms with Gasteiger partial charge in [-0.1, -0.05) is 19.1 Å². The van der Waals surface area contributed by atoms with Crippen LogP contribution in [-0.4, -0.2) is 37.0 Å². The van der Waals surface area contributed by atoms with Crippen molar-refractivity contribution in [1.29, 1.82) is 0 Å². The molecule has 4 nitrogen and oxygen atoms in total. The summed E-state index contributed by atoms with van der Waals surface area (Å²) in [6.45, 7) is 6.59. The second-order valence-electron chi connectivity index (χ2n) is 5.84. The van der Waals surface area contributed by atoms with Gasteiger partial charge in [0.1, 0.15) is 5.75 Å². The molecule has 2 atom stereocenters. The Bertz CT molecular complexity index is 458. The molecule has 1 heterocycles. The number of hydrogen-bond acceptors (Lipinski definition) is 3. The van der Waals surface area contributed by atoms with Crippen molar-refractivity contribution in [2.75, 3.05) is 20.2 Å². The largest absolute Gasteiger partial charge is 0.497 e. The van der Waals surface area contributed by atoms with Crippen LogP contribution in [-0.2, 0) is 11.3 Å². The summed E-state index contributed by atoms with van der Waals surface area (Å²) >= 11 is 0. The average Bonchev–Trinajstić information content (AvgIpc) is 2.52. The number of benzene rings is 1. The van der Waals surface area contributed by atoms with Gasteiger partial charge in [0.25, 0.3) is 0 Å². The second-order valence-corrected chi connectivity index (χ2v) is 5.84. The van der Waals surface area contributed by atoms with Gasteiger partial charge in [0, 0.05) is 13.1 Å². The lowest BCUT2D eigenvalue weighted by Crippen LogP contribution is -2.49. The van der Waals surface area contributed by atoms with E-state index in [2.05, 4.69) is 12.2 Å². The summed E-state index contributed by atoms with van der Waals surface area (Å²) in [5.74, 6) is 1.69. The van der Waals surface area contributed by atoms with E-state index < -0.39 is 0 Å². The summed E-state index contributed by atoms with van der Waals surface area (Å²) in [5, 5.41) is 3.36. The van der Waals surface area contributed by atoms with Crippen LogP contribution in [0.25, 0.3) is 0 Å². The van der Waals surface area contributed by atoms with Crippen LogP contribution >= 0.6 is 0 Å². The van der Waals surface area contributed by atoms with E-state index in [-0.39, 0.29) is 11.9 Å². The molecule has 1 aromatic carbocycles. The van der Waals surface area contributed by atoms with Gasteiger partial charge in [0.2, 0.25) is 5.91 Å². The van der Waals surface area contributed by atoms with Crippen LogP contribution in [0.1, 0.15) is 32.3 Å². The number of hydrogen-bond donors (Lipinski definition) is 1. The molecule has 0 aromatic heterocycles. The first-order chi connectivity index (χ1) is 10.1. The molecule has 0 bridgehead atoms. The summed E-state index contributed by atoms with van der Waals surface area (Å²) in [6.07, 6.45) is 2.10. The first-order valence-electron chi connectivity index (χ1n) is 7.79. The molecule has 4 heteroatoms. The summed E-state index contributed by atoms with van der Waals surface area (Å²) in [5.41, 5.74) is 1.13. The van der Waals surface area contributed by atoms with E-state index in [1.54, 1.807) is 7.11 Å². The third kappa shape index (κ3) is 4.21. The lowest BCUT2D eigenvalue weighted by Gasteiger charge is -2.32. The van der Waals surface area contributed by atoms with Gasteiger partial charge in [-0.05, 0) is 49.9 Å². The SMILES string of the molecule is CCN(Cc1ccc(OC)cc1)C(=O)C1CC(C)CCN1. The number of nitrogens with one attached hydrogen (secondary N) is 1. The molecule has 1 N–H and O–H groups in total. The third-order valence-electron chi connectivity index (χ3n) is 4.19. The molecule has 0 radical (unpaired) electrons. The van der Waals surface area contributed by atoms with E-state index in [0.717, 1.165) is 37.2 Å². The Morgan fingerprint density at radius 1 is 1.38 bits per heavy atom. The molecule has 2 unspecified atom stereocenters. The predicted molar refractivity (Wildman–Crippen MR) is 84.3 cm³/mol. The monoisotopic (exact) mass is 290 g/mol. The van der Waals surface area contributed by atoms with Crippen molar-refractivity contribution in [1.82, 2.24) is 10.2 Å². The Morgan fingerprint density at radius 2 is 2.10 bits per heavy atom. The van der Waals surface area contributed by atoms with E-state index in [4.69, 9.17) is 4.74 Å². The highest BCUT2D eigenvalue weighted by Crippen LogP contribution is 2.18. The molecule has 0 saturated carbocycles. The molecule has 1 aromatic rings. The lowest BCUT2D eigenvalue weighted by atomic mass is 9.93.